The molecule has 0 aromatic heterocycles. The van der Waals surface area contributed by atoms with Crippen molar-refractivity contribution >= 4 is 0 Å². The summed E-state index contributed by atoms with van der Waals surface area (Å²) >= 11 is 0. The van der Waals surface area contributed by atoms with Crippen LogP contribution in [0.15, 0.2) is 82.5 Å². The molecule has 17 rings (SSSR count). The molecule has 0 bridgehead atoms. The van der Waals surface area contributed by atoms with Crippen LogP contribution in [0.5, 0.6) is 0 Å². The lowest BCUT2D eigenvalue weighted by Crippen LogP contribution is -2.60. The molecule has 128 heavy (non-hydrogen) atoms. The Hall–Kier alpha value is -2.18. The first-order valence-corrected chi connectivity index (χ1v) is 55.4. The van der Waals surface area contributed by atoms with Crippen molar-refractivity contribution in [3.05, 3.63) is 82.5 Å². The normalized spacial score (nSPS) is 46.1. The van der Waals surface area contributed by atoms with E-state index in [2.05, 4.69) is 214 Å². The Kier molecular flexibility index (Phi) is 32.7. The highest BCUT2D eigenvalue weighted by Crippen LogP contribution is 2.73. The zero-order chi connectivity index (χ0) is 92.4. The molecular formula is C119H198O9. The van der Waals surface area contributed by atoms with Crippen LogP contribution in [0.4, 0.5) is 0 Å². The highest BCUT2D eigenvalue weighted by Gasteiger charge is 2.65. The fourth-order valence-corrected chi connectivity index (χ4v) is 35.9. The van der Waals surface area contributed by atoms with Crippen LogP contribution in [0.2, 0.25) is 0 Å². The highest BCUT2D eigenvalue weighted by molar-refractivity contribution is 5.39. The minimum absolute atomic E-state index is 0.0766. The van der Waals surface area contributed by atoms with Gasteiger partial charge in [-0.2, -0.15) is 0 Å². The number of fused-ring (bicyclic) bond motifs is 20. The van der Waals surface area contributed by atoms with Crippen LogP contribution in [0.3, 0.4) is 0 Å². The number of hydrogen-bond donors (Lipinski definition) is 7. The lowest BCUT2D eigenvalue weighted by Gasteiger charge is -2.58. The number of aliphatic hydroxyl groups excluding tert-OH is 7. The topological polar surface area (TPSA) is 160 Å². The molecule has 9 nitrogen and oxygen atoms in total. The molecule has 9 heteroatoms. The molecule has 13 fully saturated rings. The molecule has 0 radical (unpaired) electrons. The van der Waals surface area contributed by atoms with E-state index >= 15 is 0 Å². The third-order valence-corrected chi connectivity index (χ3v) is 44.5. The van der Waals surface area contributed by atoms with Crippen molar-refractivity contribution in [3.8, 4) is 0 Å². The molecule has 0 aromatic rings. The van der Waals surface area contributed by atoms with Crippen molar-refractivity contribution in [2.24, 2.45) is 197 Å². The van der Waals surface area contributed by atoms with Crippen molar-refractivity contribution in [2.45, 2.75) is 458 Å². The van der Waals surface area contributed by atoms with E-state index in [0.717, 1.165) is 194 Å². The number of rotatable bonds is 23. The van der Waals surface area contributed by atoms with E-state index in [1.165, 1.54) is 197 Å². The molecule has 7 N–H and O–H groups in total. The molecule has 39 atom stereocenters. The first-order chi connectivity index (χ1) is 60.6. The molecule has 12 saturated carbocycles. The van der Waals surface area contributed by atoms with Gasteiger partial charge in [-0.05, 0) is 409 Å². The molecule has 1 aliphatic heterocycles. The van der Waals surface area contributed by atoms with Crippen LogP contribution in [0, 0.1) is 197 Å². The maximum absolute atomic E-state index is 10.5. The summed E-state index contributed by atoms with van der Waals surface area (Å²) in [4.78, 5) is 0. The largest absolute Gasteiger partial charge is 0.394 e. The first-order valence-electron chi connectivity index (χ1n) is 55.4. The number of hydrogen-bond acceptors (Lipinski definition) is 9. The quantitative estimate of drug-likeness (QED) is 0.0494. The first kappa shape index (κ1) is 102. The predicted octanol–water partition coefficient (Wildman–Crippen LogP) is 28.4. The lowest BCUT2D eigenvalue weighted by molar-refractivity contribution is -0.313. The van der Waals surface area contributed by atoms with E-state index < -0.39 is 37.3 Å². The molecule has 728 valence electrons. The van der Waals surface area contributed by atoms with Crippen LogP contribution in [0.25, 0.3) is 0 Å². The summed E-state index contributed by atoms with van der Waals surface area (Å²) < 4.78 is 11.9. The van der Waals surface area contributed by atoms with Gasteiger partial charge in [-0.15, -0.1) is 0 Å². The second-order valence-corrected chi connectivity index (χ2v) is 52.1. The van der Waals surface area contributed by atoms with Gasteiger partial charge in [0.2, 0.25) is 0 Å². The maximum Gasteiger partial charge on any atom is 0.186 e. The lowest BCUT2D eigenvalue weighted by atomic mass is 9.47. The van der Waals surface area contributed by atoms with Crippen molar-refractivity contribution in [2.75, 3.05) is 6.61 Å². The second kappa shape index (κ2) is 41.1. The molecule has 1 heterocycles. The van der Waals surface area contributed by atoms with Gasteiger partial charge in [0.15, 0.2) is 6.29 Å². The van der Waals surface area contributed by atoms with Crippen LogP contribution in [-0.2, 0) is 9.47 Å². The van der Waals surface area contributed by atoms with Crippen LogP contribution in [0.1, 0.15) is 403 Å². The SMILES string of the molecule is CC(C)CCC[C@@H](C)[C@H]1CC[C@H]2[C@@H]3CC=C4C[C@@H](O)CC[C@]4(C)[C@H]3CC[C@]12C.CC(C)[C@@H](C)/C=C/[C@@H](C)[C@H]1CC[C@H]2C3=CC=C4C[C@@H](O)CC[C@]4(C)[C@H]3CC[C@]12C.CC[C@@H](CC[C@@H](C)[C@H]1CC[C@H]2[C@@H]3CC=C4C[C@@H](O[C@@H]5OC(CO)[C@@H](O)[C@@H](O)C5O)CC[C@]4(C)[C@H]3CC[C@]12C)C(C)C.CC[C@H](/C=C/[C@@H](C)[C@H]1CC[C@H]2[C@@H]3CC=C4C[C@@H](O)CC[C@]4(C)[C@H]3CC[C@]12C)C(C)C. The van der Waals surface area contributed by atoms with Gasteiger partial charge in [0.05, 0.1) is 31.0 Å². The van der Waals surface area contributed by atoms with E-state index in [0.29, 0.717) is 55.7 Å². The van der Waals surface area contributed by atoms with E-state index in [1.807, 2.05) is 0 Å². The molecule has 17 aliphatic rings. The summed E-state index contributed by atoms with van der Waals surface area (Å²) in [6.07, 6.45) is 64.5. The summed E-state index contributed by atoms with van der Waals surface area (Å²) in [6, 6.07) is 0. The Labute approximate surface area is 785 Å². The molecule has 2 unspecified atom stereocenters. The Bertz CT molecular complexity index is 3870. The Morgan fingerprint density at radius 3 is 1.33 bits per heavy atom. The van der Waals surface area contributed by atoms with Crippen LogP contribution >= 0.6 is 0 Å². The highest BCUT2D eigenvalue weighted by atomic mass is 16.7. The number of ether oxygens (including phenoxy) is 2. The second-order valence-electron chi connectivity index (χ2n) is 52.1. The van der Waals surface area contributed by atoms with Crippen molar-refractivity contribution in [1.29, 1.82) is 0 Å². The van der Waals surface area contributed by atoms with E-state index in [-0.39, 0.29) is 29.8 Å². The van der Waals surface area contributed by atoms with Gasteiger partial charge in [-0.25, -0.2) is 0 Å². The van der Waals surface area contributed by atoms with Gasteiger partial charge in [-0.3, -0.25) is 0 Å². The summed E-state index contributed by atoms with van der Waals surface area (Å²) in [5, 5.41) is 71.0. The summed E-state index contributed by atoms with van der Waals surface area (Å²) in [6.45, 7) is 56.5. The Morgan fingerprint density at radius 1 is 0.391 bits per heavy atom. The minimum atomic E-state index is -1.40. The van der Waals surface area contributed by atoms with Gasteiger partial charge in [-0.1, -0.05) is 274 Å². The van der Waals surface area contributed by atoms with E-state index in [1.54, 1.807) is 16.7 Å². The summed E-state index contributed by atoms with van der Waals surface area (Å²) in [5.74, 6) is 21.2. The molecule has 0 amide bonds. The average molecular weight is 1770 g/mol. The van der Waals surface area contributed by atoms with Crippen molar-refractivity contribution in [1.82, 2.24) is 0 Å². The van der Waals surface area contributed by atoms with Gasteiger partial charge in [0.1, 0.15) is 24.4 Å². The third kappa shape index (κ3) is 19.6. The molecule has 0 spiro atoms. The minimum Gasteiger partial charge on any atom is -0.394 e. The Balaban J connectivity index is 0.000000140. The van der Waals surface area contributed by atoms with Gasteiger partial charge in [0, 0.05) is 0 Å². The molecular weight excluding hydrogens is 1570 g/mol. The number of allylic oxidation sites excluding steroid dienone is 10. The zero-order valence-corrected chi connectivity index (χ0v) is 86.4. The third-order valence-electron chi connectivity index (χ3n) is 44.5. The van der Waals surface area contributed by atoms with E-state index in [4.69, 9.17) is 9.47 Å². The Morgan fingerprint density at radius 2 is 0.844 bits per heavy atom. The predicted molar refractivity (Wildman–Crippen MR) is 532 cm³/mol. The van der Waals surface area contributed by atoms with Crippen LogP contribution < -0.4 is 0 Å². The number of aliphatic hydroxyl groups is 7. The standard InChI is InChI=1S/C35H60O6.C29H48O.C28H44O.C27H46O/c1-7-22(20(2)3)9-8-21(4)26-12-13-27-25-11-10-23-18-24(14-16-34(23,5)28(25)15-17-35(26,27)6)40-33-32(39)31(38)30(37)29(19-36)41-33;1-7-21(19(2)3)9-8-20(4)25-12-13-26-24-11-10-22-18-23(30)14-16-28(22,5)27(24)15-17-29(25,26)6;1-18(2)19(3)7-8-20(4)24-11-12-25-23-10-9-21-17-22(29)13-15-27(21,5)26(23)14-16-28(24,25)6;1-18(2)7-6-8-19(3)23-11-12-24-22-10-9-20-17-21(28)13-15-26(20,4)25(22)14-16-27(23,24)5/h10,20-22,24-33,36-39H,7-9,11-19H2,1-6H3;8-10,19-21,23-27,30H,7,11-18H2,1-6H3;7-10,18-20,22,24-26,29H,11-17H2,1-6H3;9,18-19,21-25,28H,6-8,10-17H2,1-5H3/b;9-8+;8-7+;/t21-,22+,24+,25+,26-,27+,28+,29?,30-,31-,32?,33-,34+,35-;20-,21-,23+,24+,25-,26+,27+,28+,29-;19-,20+,22-,24+,25-,26-,27-,28+;19-,21+,22+,23-,24+,25+,26+,27-/m1101/s1. The molecule has 1 saturated heterocycles. The van der Waals surface area contributed by atoms with E-state index in [9.17, 15) is 35.7 Å². The van der Waals surface area contributed by atoms with Gasteiger partial charge < -0.3 is 45.2 Å². The smallest absolute Gasteiger partial charge is 0.186 e. The van der Waals surface area contributed by atoms with Gasteiger partial charge >= 0.3 is 0 Å². The van der Waals surface area contributed by atoms with Gasteiger partial charge in [0.25, 0.3) is 0 Å². The molecule has 0 aromatic carbocycles. The zero-order valence-electron chi connectivity index (χ0n) is 86.4. The van der Waals surface area contributed by atoms with Crippen LogP contribution in [-0.4, -0.2) is 97.5 Å². The summed E-state index contributed by atoms with van der Waals surface area (Å²) in [5.41, 5.74) is 11.4. The fourth-order valence-electron chi connectivity index (χ4n) is 35.9. The van der Waals surface area contributed by atoms with Crippen molar-refractivity contribution < 1.29 is 45.2 Å². The van der Waals surface area contributed by atoms with Crippen molar-refractivity contribution in [3.63, 3.8) is 0 Å². The average Bonchev–Trinajstić information content (AvgIpc) is 1.52. The summed E-state index contributed by atoms with van der Waals surface area (Å²) in [7, 11) is 0. The maximum atomic E-state index is 10.5. The molecule has 16 aliphatic carbocycles. The fraction of sp³-hybridized carbons (Fsp3) is 0.882. The monoisotopic (exact) mass is 1770 g/mol.